The van der Waals surface area contributed by atoms with Gasteiger partial charge in [-0.3, -0.25) is 0 Å². The van der Waals surface area contributed by atoms with Crippen molar-refractivity contribution in [1.82, 2.24) is 0 Å². The molecule has 13 aromatic rings. The lowest BCUT2D eigenvalue weighted by molar-refractivity contribution is 1.30. The van der Waals surface area contributed by atoms with Crippen molar-refractivity contribution in [3.63, 3.8) is 0 Å². The van der Waals surface area contributed by atoms with Gasteiger partial charge in [0.2, 0.25) is 0 Å². The van der Waals surface area contributed by atoms with Gasteiger partial charge < -0.3 is 4.90 Å². The molecule has 0 aromatic heterocycles. The standard InChI is InChI=1S/C66H43N/c1-3-18-46(19-4-1)65-61-30-14-13-28-57(61)59-39-36-49(42-63(59)66(65)47-20-5-2-6-21-47)48-23-15-24-52(41-48)67(64-32-16-31-56-53-25-9-7-17-44(53)35-40-60(56)64)51-37-33-45(34-38-51)62-43-50-22-8-10-26-54(50)55-27-11-12-29-58(55)62/h1-43H. The third kappa shape index (κ3) is 6.55. The molecule has 0 aliphatic rings. The molecule has 0 bridgehead atoms. The first-order chi connectivity index (χ1) is 33.2. The van der Waals surface area contributed by atoms with Crippen LogP contribution in [-0.4, -0.2) is 0 Å². The lowest BCUT2D eigenvalue weighted by atomic mass is 9.84. The summed E-state index contributed by atoms with van der Waals surface area (Å²) < 4.78 is 0. The quantitative estimate of drug-likeness (QED) is 0.144. The van der Waals surface area contributed by atoms with Crippen LogP contribution in [0.15, 0.2) is 261 Å². The third-order valence-corrected chi connectivity index (χ3v) is 13.8. The minimum Gasteiger partial charge on any atom is -0.310 e. The monoisotopic (exact) mass is 849 g/mol. The molecule has 1 nitrogen and oxygen atoms in total. The number of hydrogen-bond acceptors (Lipinski definition) is 1. The molecule has 0 heterocycles. The fourth-order valence-electron chi connectivity index (χ4n) is 10.7. The summed E-state index contributed by atoms with van der Waals surface area (Å²) in [6.45, 7) is 0. The van der Waals surface area contributed by atoms with Crippen molar-refractivity contribution >= 4 is 81.7 Å². The first kappa shape index (κ1) is 38.7. The fourth-order valence-corrected chi connectivity index (χ4v) is 10.7. The van der Waals surface area contributed by atoms with Crippen molar-refractivity contribution < 1.29 is 0 Å². The van der Waals surface area contributed by atoms with E-state index < -0.39 is 0 Å². The smallest absolute Gasteiger partial charge is 0.0540 e. The van der Waals surface area contributed by atoms with Gasteiger partial charge >= 0.3 is 0 Å². The van der Waals surface area contributed by atoms with E-state index in [2.05, 4.69) is 266 Å². The van der Waals surface area contributed by atoms with E-state index in [-0.39, 0.29) is 0 Å². The molecule has 0 N–H and O–H groups in total. The van der Waals surface area contributed by atoms with Crippen LogP contribution in [-0.2, 0) is 0 Å². The fraction of sp³-hybridized carbons (Fsp3) is 0. The van der Waals surface area contributed by atoms with Gasteiger partial charge in [-0.1, -0.05) is 218 Å². The van der Waals surface area contributed by atoms with Gasteiger partial charge in [-0.05, 0) is 146 Å². The minimum atomic E-state index is 1.09. The molecule has 312 valence electrons. The molecule has 0 radical (unpaired) electrons. The van der Waals surface area contributed by atoms with E-state index in [1.165, 1.54) is 104 Å². The van der Waals surface area contributed by atoms with Crippen LogP contribution in [0.3, 0.4) is 0 Å². The van der Waals surface area contributed by atoms with Crippen molar-refractivity contribution in [2.75, 3.05) is 4.90 Å². The molecule has 0 amide bonds. The Morgan fingerprint density at radius 1 is 0.209 bits per heavy atom. The minimum absolute atomic E-state index is 1.09. The van der Waals surface area contributed by atoms with Crippen molar-refractivity contribution in [3.05, 3.63) is 261 Å². The van der Waals surface area contributed by atoms with E-state index >= 15 is 0 Å². The summed E-state index contributed by atoms with van der Waals surface area (Å²) >= 11 is 0. The molecule has 13 aromatic carbocycles. The van der Waals surface area contributed by atoms with Crippen LogP contribution in [0.25, 0.3) is 109 Å². The lowest BCUT2D eigenvalue weighted by Gasteiger charge is -2.28. The molecule has 67 heavy (non-hydrogen) atoms. The Morgan fingerprint density at radius 2 is 0.687 bits per heavy atom. The van der Waals surface area contributed by atoms with Crippen molar-refractivity contribution in [3.8, 4) is 44.5 Å². The van der Waals surface area contributed by atoms with Gasteiger partial charge in [-0.15, -0.1) is 0 Å². The summed E-state index contributed by atoms with van der Waals surface area (Å²) in [5.41, 5.74) is 13.0. The van der Waals surface area contributed by atoms with Gasteiger partial charge in [0.15, 0.2) is 0 Å². The highest BCUT2D eigenvalue weighted by atomic mass is 15.1. The van der Waals surface area contributed by atoms with E-state index in [0.29, 0.717) is 0 Å². The van der Waals surface area contributed by atoms with Crippen molar-refractivity contribution in [2.24, 2.45) is 0 Å². The number of rotatable bonds is 7. The van der Waals surface area contributed by atoms with E-state index in [1.54, 1.807) is 0 Å². The van der Waals surface area contributed by atoms with Crippen LogP contribution in [0.1, 0.15) is 0 Å². The Labute approximate surface area is 390 Å². The average molecular weight is 850 g/mol. The van der Waals surface area contributed by atoms with Gasteiger partial charge in [0.25, 0.3) is 0 Å². The SMILES string of the molecule is c1ccc(-c2c(-c3ccccc3)c3cc(-c4cccc(N(c5ccc(-c6cc7ccccc7c7ccccc67)cc5)c5cccc6c5ccc5ccccc56)c4)ccc3c3ccccc23)cc1. The molecular formula is C66H43N. The summed E-state index contributed by atoms with van der Waals surface area (Å²) in [7, 11) is 0. The lowest BCUT2D eigenvalue weighted by Crippen LogP contribution is -2.10. The van der Waals surface area contributed by atoms with Gasteiger partial charge in [0, 0.05) is 16.8 Å². The molecule has 0 aliphatic heterocycles. The number of nitrogens with zero attached hydrogens (tertiary/aromatic N) is 1. The maximum absolute atomic E-state index is 2.44. The van der Waals surface area contributed by atoms with E-state index in [1.807, 2.05) is 0 Å². The van der Waals surface area contributed by atoms with Crippen LogP contribution >= 0.6 is 0 Å². The van der Waals surface area contributed by atoms with Crippen LogP contribution in [0.5, 0.6) is 0 Å². The van der Waals surface area contributed by atoms with Gasteiger partial charge in [0.1, 0.15) is 0 Å². The van der Waals surface area contributed by atoms with E-state index in [9.17, 15) is 0 Å². The van der Waals surface area contributed by atoms with Gasteiger partial charge in [-0.25, -0.2) is 0 Å². The van der Waals surface area contributed by atoms with E-state index in [0.717, 1.165) is 22.6 Å². The van der Waals surface area contributed by atoms with E-state index in [4.69, 9.17) is 0 Å². The van der Waals surface area contributed by atoms with Gasteiger partial charge in [-0.2, -0.15) is 0 Å². The summed E-state index contributed by atoms with van der Waals surface area (Å²) in [5.74, 6) is 0. The number of anilines is 3. The van der Waals surface area contributed by atoms with Crippen LogP contribution in [0, 0.1) is 0 Å². The van der Waals surface area contributed by atoms with Crippen LogP contribution in [0.2, 0.25) is 0 Å². The summed E-state index contributed by atoms with van der Waals surface area (Å²) in [6.07, 6.45) is 0. The zero-order chi connectivity index (χ0) is 44.3. The number of fused-ring (bicyclic) bond motifs is 9. The molecule has 1 heteroatoms. The normalized spacial score (nSPS) is 11.6. The number of hydrogen-bond donors (Lipinski definition) is 0. The molecule has 13 rings (SSSR count). The summed E-state index contributed by atoms with van der Waals surface area (Å²) in [4.78, 5) is 2.44. The highest BCUT2D eigenvalue weighted by molar-refractivity contribution is 6.22. The Kier molecular flexibility index (Phi) is 9.25. The molecule has 0 spiro atoms. The highest BCUT2D eigenvalue weighted by Gasteiger charge is 2.21. The van der Waals surface area contributed by atoms with Crippen LogP contribution < -0.4 is 4.90 Å². The molecule has 0 aliphatic carbocycles. The summed E-state index contributed by atoms with van der Waals surface area (Å²) in [5, 5.41) is 15.0. The molecule has 0 saturated heterocycles. The number of benzene rings is 13. The first-order valence-electron chi connectivity index (χ1n) is 23.2. The largest absolute Gasteiger partial charge is 0.310 e. The average Bonchev–Trinajstić information content (AvgIpc) is 3.41. The van der Waals surface area contributed by atoms with Crippen molar-refractivity contribution in [1.29, 1.82) is 0 Å². The molecule has 0 saturated carbocycles. The second-order valence-corrected chi connectivity index (χ2v) is 17.6. The zero-order valence-electron chi connectivity index (χ0n) is 36.8. The topological polar surface area (TPSA) is 3.24 Å². The first-order valence-corrected chi connectivity index (χ1v) is 23.2. The predicted octanol–water partition coefficient (Wildman–Crippen LogP) is 18.7. The van der Waals surface area contributed by atoms with Crippen LogP contribution in [0.4, 0.5) is 17.1 Å². The molecule has 0 fully saturated rings. The van der Waals surface area contributed by atoms with Crippen molar-refractivity contribution in [2.45, 2.75) is 0 Å². The maximum atomic E-state index is 2.44. The Morgan fingerprint density at radius 3 is 1.42 bits per heavy atom. The van der Waals surface area contributed by atoms with Gasteiger partial charge in [0.05, 0.1) is 5.69 Å². The Hall–Kier alpha value is -8.78. The maximum Gasteiger partial charge on any atom is 0.0540 e. The Balaban J connectivity index is 1.01. The molecule has 0 atom stereocenters. The Bertz CT molecular complexity index is 4020. The zero-order valence-corrected chi connectivity index (χ0v) is 36.8. The second-order valence-electron chi connectivity index (χ2n) is 17.6. The second kappa shape index (κ2) is 16.0. The molecule has 0 unspecified atom stereocenters. The third-order valence-electron chi connectivity index (χ3n) is 13.8. The highest BCUT2D eigenvalue weighted by Crippen LogP contribution is 2.47. The molecular weight excluding hydrogens is 807 g/mol. The summed E-state index contributed by atoms with van der Waals surface area (Å²) in [6, 6.07) is 95.9. The predicted molar refractivity (Wildman–Crippen MR) is 288 cm³/mol.